The van der Waals surface area contributed by atoms with Crippen molar-refractivity contribution < 1.29 is 13.6 Å². The summed E-state index contributed by atoms with van der Waals surface area (Å²) in [6, 6.07) is 0. The SMILES string of the molecule is O=C1CC2C(C1)C2(F)F. The Hall–Kier alpha value is -0.470. The van der Waals surface area contributed by atoms with Crippen LogP contribution in [0.15, 0.2) is 0 Å². The van der Waals surface area contributed by atoms with Crippen LogP contribution in [0.25, 0.3) is 0 Å². The zero-order valence-electron chi connectivity index (χ0n) is 4.73. The lowest BCUT2D eigenvalue weighted by atomic mass is 10.2. The van der Waals surface area contributed by atoms with Crippen molar-refractivity contribution >= 4 is 5.78 Å². The van der Waals surface area contributed by atoms with Gasteiger partial charge in [0.25, 0.3) is 5.92 Å². The topological polar surface area (TPSA) is 17.1 Å². The first-order valence-corrected chi connectivity index (χ1v) is 3.02. The lowest BCUT2D eigenvalue weighted by Crippen LogP contribution is -2.05. The highest BCUT2D eigenvalue weighted by atomic mass is 19.3. The Kier molecular flexibility index (Phi) is 0.695. The maximum atomic E-state index is 12.3. The highest BCUT2D eigenvalue weighted by Crippen LogP contribution is 2.62. The van der Waals surface area contributed by atoms with Gasteiger partial charge < -0.3 is 0 Å². The molecule has 2 unspecified atom stereocenters. The summed E-state index contributed by atoms with van der Waals surface area (Å²) in [5, 5.41) is 0. The second-order valence-electron chi connectivity index (χ2n) is 2.83. The molecular formula is C6H6F2O. The normalized spacial score (nSPS) is 44.9. The van der Waals surface area contributed by atoms with Crippen LogP contribution in [0.2, 0.25) is 0 Å². The van der Waals surface area contributed by atoms with Crippen molar-refractivity contribution in [2.75, 3.05) is 0 Å². The summed E-state index contributed by atoms with van der Waals surface area (Å²) in [5.41, 5.74) is 0. The molecule has 1 nitrogen and oxygen atoms in total. The molecule has 0 aromatic carbocycles. The van der Waals surface area contributed by atoms with E-state index in [1.165, 1.54) is 0 Å². The van der Waals surface area contributed by atoms with Crippen LogP contribution in [-0.2, 0) is 4.79 Å². The summed E-state index contributed by atoms with van der Waals surface area (Å²) in [4.78, 5) is 10.4. The molecule has 9 heavy (non-hydrogen) atoms. The zero-order valence-corrected chi connectivity index (χ0v) is 4.73. The highest BCUT2D eigenvalue weighted by molar-refractivity contribution is 5.83. The number of ketones is 1. The van der Waals surface area contributed by atoms with Crippen molar-refractivity contribution in [2.24, 2.45) is 11.8 Å². The summed E-state index contributed by atoms with van der Waals surface area (Å²) in [5.74, 6) is -3.63. The van der Waals surface area contributed by atoms with E-state index in [1.54, 1.807) is 0 Å². The maximum Gasteiger partial charge on any atom is 0.255 e. The van der Waals surface area contributed by atoms with E-state index in [2.05, 4.69) is 0 Å². The lowest BCUT2D eigenvalue weighted by molar-refractivity contribution is -0.120. The van der Waals surface area contributed by atoms with E-state index >= 15 is 0 Å². The predicted molar refractivity (Wildman–Crippen MR) is 26.2 cm³/mol. The molecule has 0 saturated heterocycles. The number of alkyl halides is 2. The van der Waals surface area contributed by atoms with Gasteiger partial charge in [-0.25, -0.2) is 8.78 Å². The van der Waals surface area contributed by atoms with Gasteiger partial charge in [-0.15, -0.1) is 0 Å². The van der Waals surface area contributed by atoms with Gasteiger partial charge in [0.1, 0.15) is 5.78 Å². The van der Waals surface area contributed by atoms with Gasteiger partial charge in [0, 0.05) is 24.7 Å². The van der Waals surface area contributed by atoms with Crippen molar-refractivity contribution in [1.82, 2.24) is 0 Å². The van der Waals surface area contributed by atoms with Gasteiger partial charge in [0.15, 0.2) is 0 Å². The first-order chi connectivity index (χ1) is 4.12. The van der Waals surface area contributed by atoms with E-state index in [-0.39, 0.29) is 18.6 Å². The third-order valence-corrected chi connectivity index (χ3v) is 2.26. The van der Waals surface area contributed by atoms with Gasteiger partial charge in [-0.05, 0) is 0 Å². The maximum absolute atomic E-state index is 12.3. The average Bonchev–Trinajstić information content (AvgIpc) is 2.27. The molecule has 0 aliphatic heterocycles. The summed E-state index contributed by atoms with van der Waals surface area (Å²) in [6.07, 6.45) is 0.245. The molecule has 50 valence electrons. The molecule has 2 rings (SSSR count). The molecular weight excluding hydrogens is 126 g/mol. The van der Waals surface area contributed by atoms with Crippen LogP contribution >= 0.6 is 0 Å². The molecule has 0 radical (unpaired) electrons. The number of carbonyl (C=O) groups excluding carboxylic acids is 1. The molecule has 3 heteroatoms. The van der Waals surface area contributed by atoms with E-state index < -0.39 is 17.8 Å². The molecule has 2 aliphatic rings. The Morgan fingerprint density at radius 2 is 1.78 bits per heavy atom. The molecule has 2 atom stereocenters. The van der Waals surface area contributed by atoms with Gasteiger partial charge in [0.05, 0.1) is 0 Å². The Morgan fingerprint density at radius 1 is 1.33 bits per heavy atom. The molecule has 0 aromatic heterocycles. The van der Waals surface area contributed by atoms with Crippen LogP contribution in [0.5, 0.6) is 0 Å². The van der Waals surface area contributed by atoms with Crippen LogP contribution in [0.3, 0.4) is 0 Å². The van der Waals surface area contributed by atoms with Gasteiger partial charge >= 0.3 is 0 Å². The van der Waals surface area contributed by atoms with Crippen molar-refractivity contribution in [3.05, 3.63) is 0 Å². The van der Waals surface area contributed by atoms with E-state index in [9.17, 15) is 13.6 Å². The number of halogens is 2. The van der Waals surface area contributed by atoms with Crippen molar-refractivity contribution in [3.63, 3.8) is 0 Å². The van der Waals surface area contributed by atoms with Crippen LogP contribution in [-0.4, -0.2) is 11.7 Å². The Bertz CT molecular complexity index is 160. The van der Waals surface area contributed by atoms with Gasteiger partial charge in [-0.2, -0.15) is 0 Å². The standard InChI is InChI=1S/C6H6F2O/c7-6(8)4-1-3(9)2-5(4)6/h4-5H,1-2H2. The zero-order chi connectivity index (χ0) is 6.65. The second-order valence-corrected chi connectivity index (χ2v) is 2.83. The molecule has 0 heterocycles. The summed E-state index contributed by atoms with van der Waals surface area (Å²) in [6.45, 7) is 0. The van der Waals surface area contributed by atoms with Gasteiger partial charge in [-0.1, -0.05) is 0 Å². The first-order valence-electron chi connectivity index (χ1n) is 3.02. The number of fused-ring (bicyclic) bond motifs is 1. The van der Waals surface area contributed by atoms with E-state index in [0.717, 1.165) is 0 Å². The molecule has 2 saturated carbocycles. The predicted octanol–water partition coefficient (Wildman–Crippen LogP) is 1.23. The Morgan fingerprint density at radius 3 is 2.11 bits per heavy atom. The van der Waals surface area contributed by atoms with Gasteiger partial charge in [0.2, 0.25) is 0 Å². The number of Topliss-reactive ketones (excluding diaryl/α,β-unsaturated/α-hetero) is 1. The molecule has 2 aliphatic carbocycles. The van der Waals surface area contributed by atoms with Crippen molar-refractivity contribution in [3.8, 4) is 0 Å². The largest absolute Gasteiger partial charge is 0.300 e. The first kappa shape index (κ1) is 5.33. The number of rotatable bonds is 0. The third kappa shape index (κ3) is 0.497. The fourth-order valence-corrected chi connectivity index (χ4v) is 1.59. The van der Waals surface area contributed by atoms with Crippen molar-refractivity contribution in [1.29, 1.82) is 0 Å². The molecule has 2 fully saturated rings. The smallest absolute Gasteiger partial charge is 0.255 e. The monoisotopic (exact) mass is 132 g/mol. The Balaban J connectivity index is 2.14. The van der Waals surface area contributed by atoms with Gasteiger partial charge in [-0.3, -0.25) is 4.79 Å². The quantitative estimate of drug-likeness (QED) is 0.484. The number of hydrogen-bond acceptors (Lipinski definition) is 1. The number of hydrogen-bond donors (Lipinski definition) is 0. The van der Waals surface area contributed by atoms with E-state index in [0.29, 0.717) is 0 Å². The molecule has 0 aromatic rings. The van der Waals surface area contributed by atoms with Crippen LogP contribution in [0, 0.1) is 11.8 Å². The molecule has 0 spiro atoms. The van der Waals surface area contributed by atoms with Crippen molar-refractivity contribution in [2.45, 2.75) is 18.8 Å². The molecule has 0 N–H and O–H groups in total. The molecule has 0 amide bonds. The van der Waals surface area contributed by atoms with E-state index in [1.807, 2.05) is 0 Å². The minimum Gasteiger partial charge on any atom is -0.300 e. The fraction of sp³-hybridized carbons (Fsp3) is 0.833. The summed E-state index contributed by atoms with van der Waals surface area (Å²) < 4.78 is 24.5. The van der Waals surface area contributed by atoms with Crippen LogP contribution < -0.4 is 0 Å². The summed E-state index contributed by atoms with van der Waals surface area (Å²) in [7, 11) is 0. The fourth-order valence-electron chi connectivity index (χ4n) is 1.59. The van der Waals surface area contributed by atoms with Crippen LogP contribution in [0.1, 0.15) is 12.8 Å². The average molecular weight is 132 g/mol. The van der Waals surface area contributed by atoms with Crippen LogP contribution in [0.4, 0.5) is 8.78 Å². The highest BCUT2D eigenvalue weighted by Gasteiger charge is 2.71. The minimum absolute atomic E-state index is 0.0101. The van der Waals surface area contributed by atoms with E-state index in [4.69, 9.17) is 0 Å². The number of carbonyl (C=O) groups is 1. The lowest BCUT2D eigenvalue weighted by Gasteiger charge is -1.96. The third-order valence-electron chi connectivity index (χ3n) is 2.26. The Labute approximate surface area is 51.0 Å². The minimum atomic E-state index is -2.48. The summed E-state index contributed by atoms with van der Waals surface area (Å²) >= 11 is 0. The molecule has 0 bridgehead atoms. The second kappa shape index (κ2) is 1.18.